The lowest BCUT2D eigenvalue weighted by Crippen LogP contribution is -2.43. The number of ether oxygens (including phenoxy) is 1. The molecule has 0 saturated heterocycles. The van der Waals surface area contributed by atoms with Gasteiger partial charge in [0.15, 0.2) is 0 Å². The van der Waals surface area contributed by atoms with Crippen molar-refractivity contribution >= 4 is 13.9 Å². The highest BCUT2D eigenvalue weighted by Crippen LogP contribution is 2.44. The van der Waals surface area contributed by atoms with Crippen LogP contribution in [0.15, 0.2) is 0 Å². The normalized spacial score (nSPS) is 13.7. The molecule has 2 unspecified atom stereocenters. The van der Waals surface area contributed by atoms with Crippen LogP contribution in [-0.4, -0.2) is 87.0 Å². The van der Waals surface area contributed by atoms with Crippen LogP contribution >= 0.6 is 7.82 Å². The number of hydrogen-bond donors (Lipinski definition) is 2. The van der Waals surface area contributed by atoms with Crippen LogP contribution in [0.4, 0.5) is 4.79 Å². The highest BCUT2D eigenvalue weighted by atomic mass is 31.2. The Bertz CT molecular complexity index is 843. The molecule has 0 bridgehead atoms. The molecule has 10 heteroatoms. The van der Waals surface area contributed by atoms with Crippen molar-refractivity contribution in [3.05, 3.63) is 0 Å². The Morgan fingerprint density at radius 3 is 1.32 bits per heavy atom. The fraction of sp³-hybridized carbons (Fsp3) is 0.977. The van der Waals surface area contributed by atoms with Crippen molar-refractivity contribution in [3.8, 4) is 0 Å². The molecule has 0 fully saturated rings. The van der Waals surface area contributed by atoms with E-state index in [1.54, 1.807) is 0 Å². The first-order valence-corrected chi connectivity index (χ1v) is 24.1. The molecule has 0 rings (SSSR count). The van der Waals surface area contributed by atoms with Crippen LogP contribution in [-0.2, 0) is 18.3 Å². The number of urea groups is 1. The highest BCUT2D eigenvalue weighted by molar-refractivity contribution is 7.47. The molecule has 318 valence electrons. The quantitative estimate of drug-likeness (QED) is 0.0363. The van der Waals surface area contributed by atoms with Crippen LogP contribution in [0.3, 0.4) is 0 Å². The number of carbonyl (C=O) groups excluding carboxylic acids is 1. The highest BCUT2D eigenvalue weighted by Gasteiger charge is 2.30. The monoisotopic (exact) mass is 777 g/mol. The number of nitrogens with two attached hydrogens (primary N) is 1. The zero-order chi connectivity index (χ0) is 39.3. The number of rotatable bonds is 42. The maximum absolute atomic E-state index is 12.9. The van der Waals surface area contributed by atoms with Crippen LogP contribution in [0, 0.1) is 0 Å². The van der Waals surface area contributed by atoms with Crippen LogP contribution in [0.2, 0.25) is 0 Å². The van der Waals surface area contributed by atoms with E-state index >= 15 is 0 Å². The molecule has 0 aromatic heterocycles. The van der Waals surface area contributed by atoms with Crippen LogP contribution in [0.5, 0.6) is 0 Å². The van der Waals surface area contributed by atoms with Crippen molar-refractivity contribution in [2.24, 2.45) is 5.73 Å². The smallest absolute Gasteiger partial charge is 0.379 e. The van der Waals surface area contributed by atoms with E-state index in [-0.39, 0.29) is 19.8 Å². The summed E-state index contributed by atoms with van der Waals surface area (Å²) in [6.45, 7) is 6.42. The number of phosphoric acid groups is 1. The standard InChI is InChI=1S/C43H90N3O6P/c1-6-8-10-12-14-16-18-20-22-23-25-27-29-31-33-35-38-50-41-42(52-53(48,49)51-39-37-46(3,4)5)40-45(43(44)47)36-34-32-30-28-26-24-21-19-17-15-13-11-9-7-2/h42H,6-41H2,1-5H3,(H2-,44,47,48,49)/p+1. The Hall–Kier alpha value is -0.700. The molecule has 0 aliphatic rings. The van der Waals surface area contributed by atoms with Gasteiger partial charge >= 0.3 is 13.9 Å². The molecule has 0 spiro atoms. The number of primary amides is 1. The molecule has 0 radical (unpaired) electrons. The Balaban J connectivity index is 4.39. The van der Waals surface area contributed by atoms with Crippen molar-refractivity contribution in [1.29, 1.82) is 0 Å². The maximum Gasteiger partial charge on any atom is 0.472 e. The van der Waals surface area contributed by atoms with Gasteiger partial charge in [0.25, 0.3) is 0 Å². The second-order valence-electron chi connectivity index (χ2n) is 16.8. The first-order chi connectivity index (χ1) is 25.5. The van der Waals surface area contributed by atoms with Crippen molar-refractivity contribution < 1.29 is 32.5 Å². The number of phosphoric ester groups is 1. The van der Waals surface area contributed by atoms with E-state index in [0.717, 1.165) is 32.1 Å². The lowest BCUT2D eigenvalue weighted by atomic mass is 10.0. The molecule has 2 atom stereocenters. The van der Waals surface area contributed by atoms with E-state index in [9.17, 15) is 14.3 Å². The number of carbonyl (C=O) groups is 1. The number of likely N-dealkylation sites (N-methyl/N-ethyl adjacent to an activating group) is 1. The summed E-state index contributed by atoms with van der Waals surface area (Å²) in [4.78, 5) is 24.4. The third kappa shape index (κ3) is 39.3. The SMILES string of the molecule is CCCCCCCCCCCCCCCCCCOCC(CN(CCCCCCCCCCCCCCCC)C(N)=O)OP(=O)(O)OCC[N+](C)(C)C. The van der Waals surface area contributed by atoms with Crippen LogP contribution < -0.4 is 5.73 Å². The molecule has 9 nitrogen and oxygen atoms in total. The molecule has 53 heavy (non-hydrogen) atoms. The second kappa shape index (κ2) is 36.9. The molecule has 0 aromatic rings. The van der Waals surface area contributed by atoms with E-state index in [1.165, 1.54) is 165 Å². The fourth-order valence-corrected chi connectivity index (χ4v) is 7.64. The van der Waals surface area contributed by atoms with Gasteiger partial charge in [0.1, 0.15) is 19.3 Å². The zero-order valence-corrected chi connectivity index (χ0v) is 36.8. The van der Waals surface area contributed by atoms with Gasteiger partial charge < -0.3 is 24.7 Å². The van der Waals surface area contributed by atoms with Gasteiger partial charge in [-0.25, -0.2) is 9.36 Å². The third-order valence-corrected chi connectivity index (χ3v) is 11.3. The second-order valence-corrected chi connectivity index (χ2v) is 18.2. The van der Waals surface area contributed by atoms with Gasteiger partial charge in [0, 0.05) is 13.2 Å². The average molecular weight is 777 g/mol. The fourth-order valence-electron chi connectivity index (χ4n) is 6.77. The van der Waals surface area contributed by atoms with Gasteiger partial charge in [-0.1, -0.05) is 194 Å². The summed E-state index contributed by atoms with van der Waals surface area (Å²) >= 11 is 0. The number of unbranched alkanes of at least 4 members (excludes halogenated alkanes) is 28. The van der Waals surface area contributed by atoms with Gasteiger partial charge in [-0.3, -0.25) is 9.05 Å². The first kappa shape index (κ1) is 52.3. The number of amides is 2. The lowest BCUT2D eigenvalue weighted by molar-refractivity contribution is -0.870. The summed E-state index contributed by atoms with van der Waals surface area (Å²) < 4.78 is 30.3. The Morgan fingerprint density at radius 1 is 0.604 bits per heavy atom. The van der Waals surface area contributed by atoms with Gasteiger partial charge in [0.2, 0.25) is 0 Å². The van der Waals surface area contributed by atoms with Gasteiger partial charge in [-0.05, 0) is 12.8 Å². The molecular formula is C43H91N3O6P+. The minimum Gasteiger partial charge on any atom is -0.379 e. The molecule has 0 aromatic carbocycles. The Kier molecular flexibility index (Phi) is 36.4. The van der Waals surface area contributed by atoms with Crippen LogP contribution in [0.1, 0.15) is 206 Å². The largest absolute Gasteiger partial charge is 0.472 e. The van der Waals surface area contributed by atoms with Crippen molar-refractivity contribution in [1.82, 2.24) is 4.90 Å². The van der Waals surface area contributed by atoms with Crippen molar-refractivity contribution in [3.63, 3.8) is 0 Å². The van der Waals surface area contributed by atoms with E-state index in [2.05, 4.69) is 13.8 Å². The summed E-state index contributed by atoms with van der Waals surface area (Å²) in [5, 5.41) is 0. The van der Waals surface area contributed by atoms with Crippen molar-refractivity contribution in [2.45, 2.75) is 213 Å². The number of quaternary nitrogens is 1. The van der Waals surface area contributed by atoms with Crippen LogP contribution in [0.25, 0.3) is 0 Å². The van der Waals surface area contributed by atoms with E-state index in [1.807, 2.05) is 21.1 Å². The minimum absolute atomic E-state index is 0.0859. The molecule has 0 aliphatic heterocycles. The van der Waals surface area contributed by atoms with E-state index in [0.29, 0.717) is 24.2 Å². The molecule has 3 N–H and O–H groups in total. The molecule has 0 saturated carbocycles. The first-order valence-electron chi connectivity index (χ1n) is 22.6. The summed E-state index contributed by atoms with van der Waals surface area (Å²) in [6, 6.07) is -0.551. The summed E-state index contributed by atoms with van der Waals surface area (Å²) in [5.74, 6) is 0. The Morgan fingerprint density at radius 2 is 0.962 bits per heavy atom. The topological polar surface area (TPSA) is 111 Å². The maximum atomic E-state index is 12.9. The summed E-state index contributed by atoms with van der Waals surface area (Å²) in [5.41, 5.74) is 5.76. The average Bonchev–Trinajstić information content (AvgIpc) is 3.09. The predicted molar refractivity (Wildman–Crippen MR) is 225 cm³/mol. The summed E-state index contributed by atoms with van der Waals surface area (Å²) in [6.07, 6.45) is 37.9. The summed E-state index contributed by atoms with van der Waals surface area (Å²) in [7, 11) is 1.62. The predicted octanol–water partition coefficient (Wildman–Crippen LogP) is 12.3. The van der Waals surface area contributed by atoms with Crippen molar-refractivity contribution in [2.75, 3.05) is 60.6 Å². The van der Waals surface area contributed by atoms with E-state index < -0.39 is 20.0 Å². The Labute approximate surface area is 329 Å². The third-order valence-electron chi connectivity index (χ3n) is 10.3. The molecule has 0 aliphatic carbocycles. The van der Waals surface area contributed by atoms with Gasteiger partial charge in [0.05, 0.1) is 34.3 Å². The van der Waals surface area contributed by atoms with E-state index in [4.69, 9.17) is 19.5 Å². The molecular weight excluding hydrogens is 685 g/mol. The zero-order valence-electron chi connectivity index (χ0n) is 35.9. The van der Waals surface area contributed by atoms with Gasteiger partial charge in [-0.2, -0.15) is 0 Å². The number of nitrogens with zero attached hydrogens (tertiary/aromatic N) is 2. The minimum atomic E-state index is -4.35. The number of hydrogen-bond acceptors (Lipinski definition) is 5. The molecule has 0 heterocycles. The molecule has 2 amide bonds. The van der Waals surface area contributed by atoms with Gasteiger partial charge in [-0.15, -0.1) is 0 Å². The lowest BCUT2D eigenvalue weighted by Gasteiger charge is -2.28.